The molecule has 0 fully saturated rings. The summed E-state index contributed by atoms with van der Waals surface area (Å²) in [5.74, 6) is -3.06. The first-order valence-electron chi connectivity index (χ1n) is 4.18. The number of hydrogen-bond acceptors (Lipinski definition) is 0. The minimum atomic E-state index is -2.57. The average Bonchev–Trinajstić information content (AvgIpc) is 1.93. The third kappa shape index (κ3) is 2.28. The van der Waals surface area contributed by atoms with E-state index in [4.69, 9.17) is 0 Å². The minimum absolute atomic E-state index is 0.487. The number of halogens is 2. The zero-order chi connectivity index (χ0) is 8.32. The van der Waals surface area contributed by atoms with Crippen molar-refractivity contribution in [2.24, 2.45) is 5.92 Å². The number of alkyl halides is 2. The standard InChI is InChI=1S/C9H14F2/c1-8-6-4-2-3-5-7-9(8,10)11/h5,7-8H,2-4,6H2,1H3/b7-5-. The van der Waals surface area contributed by atoms with Gasteiger partial charge < -0.3 is 0 Å². The molecule has 0 N–H and O–H groups in total. The Labute approximate surface area is 66.3 Å². The highest BCUT2D eigenvalue weighted by Gasteiger charge is 2.32. The molecule has 0 aliphatic heterocycles. The summed E-state index contributed by atoms with van der Waals surface area (Å²) in [7, 11) is 0. The SMILES string of the molecule is CC1CCCC/C=C\C1(F)F. The Morgan fingerprint density at radius 3 is 2.82 bits per heavy atom. The van der Waals surface area contributed by atoms with E-state index < -0.39 is 11.8 Å². The highest BCUT2D eigenvalue weighted by molar-refractivity contribution is 4.98. The van der Waals surface area contributed by atoms with Gasteiger partial charge in [-0.1, -0.05) is 19.4 Å². The van der Waals surface area contributed by atoms with Crippen molar-refractivity contribution in [3.63, 3.8) is 0 Å². The summed E-state index contributed by atoms with van der Waals surface area (Å²) in [6, 6.07) is 0. The maximum absolute atomic E-state index is 13.0. The highest BCUT2D eigenvalue weighted by atomic mass is 19.3. The van der Waals surface area contributed by atoms with Crippen LogP contribution in [0.4, 0.5) is 8.78 Å². The summed E-state index contributed by atoms with van der Waals surface area (Å²) >= 11 is 0. The Morgan fingerprint density at radius 2 is 2.09 bits per heavy atom. The molecule has 64 valence electrons. The monoisotopic (exact) mass is 160 g/mol. The minimum Gasteiger partial charge on any atom is -0.202 e. The van der Waals surface area contributed by atoms with Crippen LogP contribution in [0.15, 0.2) is 12.2 Å². The lowest BCUT2D eigenvalue weighted by atomic mass is 9.93. The molecule has 1 unspecified atom stereocenters. The van der Waals surface area contributed by atoms with Crippen LogP contribution in [0.5, 0.6) is 0 Å². The van der Waals surface area contributed by atoms with Gasteiger partial charge in [0.05, 0.1) is 0 Å². The number of hydrogen-bond donors (Lipinski definition) is 0. The van der Waals surface area contributed by atoms with Crippen molar-refractivity contribution in [2.75, 3.05) is 0 Å². The van der Waals surface area contributed by atoms with Crippen LogP contribution in [0.2, 0.25) is 0 Å². The summed E-state index contributed by atoms with van der Waals surface area (Å²) in [6.45, 7) is 1.62. The van der Waals surface area contributed by atoms with Gasteiger partial charge in [0.15, 0.2) is 0 Å². The Kier molecular flexibility index (Phi) is 2.63. The Hall–Kier alpha value is -0.400. The molecule has 0 radical (unpaired) electrons. The van der Waals surface area contributed by atoms with Crippen molar-refractivity contribution in [1.29, 1.82) is 0 Å². The Bertz CT molecular complexity index is 150. The fraction of sp³-hybridized carbons (Fsp3) is 0.778. The predicted molar refractivity (Wildman–Crippen MR) is 41.7 cm³/mol. The first-order valence-corrected chi connectivity index (χ1v) is 4.18. The fourth-order valence-corrected chi connectivity index (χ4v) is 1.31. The van der Waals surface area contributed by atoms with Crippen LogP contribution in [0.1, 0.15) is 32.6 Å². The second-order valence-electron chi connectivity index (χ2n) is 3.26. The predicted octanol–water partition coefficient (Wildman–Crippen LogP) is 3.39. The maximum Gasteiger partial charge on any atom is 0.268 e. The zero-order valence-electron chi connectivity index (χ0n) is 6.82. The molecule has 0 saturated carbocycles. The molecule has 1 aliphatic carbocycles. The molecule has 0 spiro atoms. The molecule has 1 rings (SSSR count). The largest absolute Gasteiger partial charge is 0.268 e. The smallest absolute Gasteiger partial charge is 0.202 e. The number of rotatable bonds is 0. The van der Waals surface area contributed by atoms with E-state index in [0.717, 1.165) is 25.3 Å². The van der Waals surface area contributed by atoms with E-state index in [1.807, 2.05) is 0 Å². The fourth-order valence-electron chi connectivity index (χ4n) is 1.31. The molecule has 0 aromatic carbocycles. The molecular weight excluding hydrogens is 146 g/mol. The van der Waals surface area contributed by atoms with Crippen LogP contribution >= 0.6 is 0 Å². The van der Waals surface area contributed by atoms with Gasteiger partial charge in [-0.2, -0.15) is 0 Å². The lowest BCUT2D eigenvalue weighted by Crippen LogP contribution is -2.23. The van der Waals surface area contributed by atoms with Crippen molar-refractivity contribution in [2.45, 2.75) is 38.5 Å². The molecule has 0 amide bonds. The van der Waals surface area contributed by atoms with Crippen molar-refractivity contribution >= 4 is 0 Å². The van der Waals surface area contributed by atoms with E-state index in [-0.39, 0.29) is 0 Å². The van der Waals surface area contributed by atoms with E-state index >= 15 is 0 Å². The van der Waals surface area contributed by atoms with Crippen LogP contribution in [0, 0.1) is 5.92 Å². The molecule has 0 heterocycles. The van der Waals surface area contributed by atoms with E-state index in [2.05, 4.69) is 0 Å². The molecule has 11 heavy (non-hydrogen) atoms. The van der Waals surface area contributed by atoms with Crippen LogP contribution in [0.3, 0.4) is 0 Å². The van der Waals surface area contributed by atoms with Crippen molar-refractivity contribution < 1.29 is 8.78 Å². The highest BCUT2D eigenvalue weighted by Crippen LogP contribution is 2.31. The normalized spacial score (nSPS) is 33.9. The van der Waals surface area contributed by atoms with Gasteiger partial charge in [0.1, 0.15) is 0 Å². The van der Waals surface area contributed by atoms with Gasteiger partial charge >= 0.3 is 0 Å². The molecule has 2 heteroatoms. The van der Waals surface area contributed by atoms with Crippen molar-refractivity contribution in [3.8, 4) is 0 Å². The molecule has 0 saturated heterocycles. The molecule has 0 nitrogen and oxygen atoms in total. The quantitative estimate of drug-likeness (QED) is 0.476. The maximum atomic E-state index is 13.0. The average molecular weight is 160 g/mol. The van der Waals surface area contributed by atoms with Gasteiger partial charge in [0, 0.05) is 5.92 Å². The first-order chi connectivity index (χ1) is 5.13. The third-order valence-corrected chi connectivity index (χ3v) is 2.26. The Morgan fingerprint density at radius 1 is 1.36 bits per heavy atom. The molecule has 0 aromatic heterocycles. The lowest BCUT2D eigenvalue weighted by molar-refractivity contribution is -0.00711. The van der Waals surface area contributed by atoms with Gasteiger partial charge in [-0.15, -0.1) is 0 Å². The van der Waals surface area contributed by atoms with Crippen LogP contribution in [-0.2, 0) is 0 Å². The van der Waals surface area contributed by atoms with E-state index in [0.29, 0.717) is 6.42 Å². The number of allylic oxidation sites excluding steroid dienone is 2. The van der Waals surface area contributed by atoms with Crippen molar-refractivity contribution in [1.82, 2.24) is 0 Å². The summed E-state index contributed by atoms with van der Waals surface area (Å²) < 4.78 is 25.9. The topological polar surface area (TPSA) is 0 Å². The van der Waals surface area contributed by atoms with E-state index in [1.54, 1.807) is 13.0 Å². The van der Waals surface area contributed by atoms with Crippen LogP contribution in [-0.4, -0.2) is 5.92 Å². The van der Waals surface area contributed by atoms with Gasteiger partial charge in [-0.25, -0.2) is 8.78 Å². The Balaban J connectivity index is 2.64. The summed E-state index contributed by atoms with van der Waals surface area (Å²) in [4.78, 5) is 0. The van der Waals surface area contributed by atoms with Gasteiger partial charge in [0.2, 0.25) is 0 Å². The molecule has 1 atom stereocenters. The molecule has 0 aromatic rings. The van der Waals surface area contributed by atoms with Gasteiger partial charge in [-0.3, -0.25) is 0 Å². The van der Waals surface area contributed by atoms with E-state index in [9.17, 15) is 8.78 Å². The van der Waals surface area contributed by atoms with Gasteiger partial charge in [0.25, 0.3) is 5.92 Å². The second kappa shape index (κ2) is 3.33. The van der Waals surface area contributed by atoms with Crippen LogP contribution < -0.4 is 0 Å². The lowest BCUT2D eigenvalue weighted by Gasteiger charge is -2.21. The zero-order valence-corrected chi connectivity index (χ0v) is 6.82. The summed E-state index contributed by atoms with van der Waals surface area (Å²) in [6.07, 6.45) is 6.12. The summed E-state index contributed by atoms with van der Waals surface area (Å²) in [5, 5.41) is 0. The van der Waals surface area contributed by atoms with Crippen molar-refractivity contribution in [3.05, 3.63) is 12.2 Å². The molecule has 0 bridgehead atoms. The first kappa shape index (κ1) is 8.69. The second-order valence-corrected chi connectivity index (χ2v) is 3.26. The van der Waals surface area contributed by atoms with E-state index in [1.165, 1.54) is 0 Å². The summed E-state index contributed by atoms with van der Waals surface area (Å²) in [5.41, 5.74) is 0. The van der Waals surface area contributed by atoms with Crippen LogP contribution in [0.25, 0.3) is 0 Å². The molecular formula is C9H14F2. The van der Waals surface area contributed by atoms with Gasteiger partial charge in [-0.05, 0) is 25.3 Å². The third-order valence-electron chi connectivity index (χ3n) is 2.26. The molecule has 1 aliphatic rings.